The van der Waals surface area contributed by atoms with Gasteiger partial charge in [0.05, 0.1) is 16.2 Å². The normalized spacial score (nSPS) is 10.3. The molecule has 2 heterocycles. The molecular formula is C14H16ClN3OS. The van der Waals surface area contributed by atoms with E-state index in [9.17, 15) is 4.79 Å². The van der Waals surface area contributed by atoms with Crippen LogP contribution in [-0.4, -0.2) is 24.0 Å². The predicted octanol–water partition coefficient (Wildman–Crippen LogP) is 3.20. The minimum Gasteiger partial charge on any atom is -0.384 e. The number of halogens is 1. The molecule has 2 rings (SSSR count). The van der Waals surface area contributed by atoms with Gasteiger partial charge in [-0.15, -0.1) is 11.3 Å². The Morgan fingerprint density at radius 1 is 1.35 bits per heavy atom. The number of thiophene rings is 1. The highest BCUT2D eigenvalue weighted by atomic mass is 35.5. The van der Waals surface area contributed by atoms with Crippen molar-refractivity contribution in [2.45, 2.75) is 13.3 Å². The van der Waals surface area contributed by atoms with Crippen molar-refractivity contribution < 1.29 is 4.79 Å². The molecule has 0 aliphatic heterocycles. The Kier molecular flexibility index (Phi) is 5.38. The molecule has 4 nitrogen and oxygen atoms in total. The van der Waals surface area contributed by atoms with Crippen molar-refractivity contribution in [2.75, 3.05) is 18.4 Å². The Morgan fingerprint density at radius 3 is 2.80 bits per heavy atom. The zero-order valence-corrected chi connectivity index (χ0v) is 12.7. The van der Waals surface area contributed by atoms with E-state index in [2.05, 4.69) is 15.6 Å². The summed E-state index contributed by atoms with van der Waals surface area (Å²) in [4.78, 5) is 17.2. The van der Waals surface area contributed by atoms with Crippen LogP contribution in [-0.2, 0) is 6.42 Å². The summed E-state index contributed by atoms with van der Waals surface area (Å²) < 4.78 is 0.770. The van der Waals surface area contributed by atoms with Crippen LogP contribution < -0.4 is 10.6 Å². The van der Waals surface area contributed by atoms with Gasteiger partial charge in [0.2, 0.25) is 0 Å². The fourth-order valence-corrected chi connectivity index (χ4v) is 2.80. The standard InChI is InChI=1S/C14H16ClN3OS/c1-2-16-10-3-5-12(18-9-10)14(19)17-8-7-11-4-6-13(15)20-11/h3-6,9,16H,2,7-8H2,1H3,(H,17,19). The van der Waals surface area contributed by atoms with E-state index >= 15 is 0 Å². The number of hydrogen-bond donors (Lipinski definition) is 2. The fraction of sp³-hybridized carbons (Fsp3) is 0.286. The third-order valence-corrected chi connectivity index (χ3v) is 3.95. The van der Waals surface area contributed by atoms with Crippen molar-refractivity contribution in [3.63, 3.8) is 0 Å². The average molecular weight is 310 g/mol. The lowest BCUT2D eigenvalue weighted by Crippen LogP contribution is -2.26. The fourth-order valence-electron chi connectivity index (χ4n) is 1.71. The zero-order valence-electron chi connectivity index (χ0n) is 11.1. The summed E-state index contributed by atoms with van der Waals surface area (Å²) in [5.41, 5.74) is 1.34. The van der Waals surface area contributed by atoms with Crippen molar-refractivity contribution in [1.29, 1.82) is 0 Å². The second-order valence-corrected chi connectivity index (χ2v) is 5.97. The first-order chi connectivity index (χ1) is 9.69. The van der Waals surface area contributed by atoms with Crippen LogP contribution in [0.5, 0.6) is 0 Å². The molecule has 1 amide bonds. The third kappa shape index (κ3) is 4.21. The number of amides is 1. The van der Waals surface area contributed by atoms with Gasteiger partial charge in [0, 0.05) is 18.0 Å². The molecule has 0 saturated heterocycles. The van der Waals surface area contributed by atoms with Gasteiger partial charge in [0.25, 0.3) is 5.91 Å². The molecule has 0 atom stereocenters. The van der Waals surface area contributed by atoms with Gasteiger partial charge in [-0.3, -0.25) is 4.79 Å². The van der Waals surface area contributed by atoms with Gasteiger partial charge in [0.1, 0.15) is 5.69 Å². The van der Waals surface area contributed by atoms with Crippen LogP contribution in [0, 0.1) is 0 Å². The summed E-state index contributed by atoms with van der Waals surface area (Å²) >= 11 is 7.39. The first kappa shape index (κ1) is 14.8. The molecule has 0 aromatic carbocycles. The van der Waals surface area contributed by atoms with Crippen LogP contribution in [0.3, 0.4) is 0 Å². The number of anilines is 1. The van der Waals surface area contributed by atoms with E-state index in [1.807, 2.05) is 25.1 Å². The van der Waals surface area contributed by atoms with E-state index in [-0.39, 0.29) is 5.91 Å². The maximum absolute atomic E-state index is 11.9. The highest BCUT2D eigenvalue weighted by Crippen LogP contribution is 2.21. The molecule has 2 N–H and O–H groups in total. The van der Waals surface area contributed by atoms with E-state index in [0.29, 0.717) is 12.2 Å². The predicted molar refractivity (Wildman–Crippen MR) is 83.8 cm³/mol. The number of aromatic nitrogens is 1. The summed E-state index contributed by atoms with van der Waals surface area (Å²) in [6.07, 6.45) is 2.44. The van der Waals surface area contributed by atoms with Gasteiger partial charge in [-0.2, -0.15) is 0 Å². The van der Waals surface area contributed by atoms with Gasteiger partial charge >= 0.3 is 0 Å². The van der Waals surface area contributed by atoms with E-state index in [1.165, 1.54) is 11.3 Å². The second-order valence-electron chi connectivity index (χ2n) is 4.17. The maximum atomic E-state index is 11.9. The number of hydrogen-bond acceptors (Lipinski definition) is 4. The van der Waals surface area contributed by atoms with Gasteiger partial charge in [-0.05, 0) is 37.6 Å². The molecule has 0 aliphatic rings. The first-order valence-corrected chi connectivity index (χ1v) is 7.61. The van der Waals surface area contributed by atoms with Crippen LogP contribution in [0.2, 0.25) is 4.34 Å². The molecule has 0 radical (unpaired) electrons. The van der Waals surface area contributed by atoms with E-state index in [1.54, 1.807) is 12.3 Å². The van der Waals surface area contributed by atoms with E-state index in [4.69, 9.17) is 11.6 Å². The van der Waals surface area contributed by atoms with Gasteiger partial charge in [-0.1, -0.05) is 11.6 Å². The Bertz CT molecular complexity index is 568. The minimum absolute atomic E-state index is 0.157. The Hall–Kier alpha value is -1.59. The summed E-state index contributed by atoms with van der Waals surface area (Å²) in [5, 5.41) is 5.99. The minimum atomic E-state index is -0.157. The number of carbonyl (C=O) groups excluding carboxylic acids is 1. The van der Waals surface area contributed by atoms with Gasteiger partial charge in [-0.25, -0.2) is 4.98 Å². The third-order valence-electron chi connectivity index (χ3n) is 2.66. The summed E-state index contributed by atoms with van der Waals surface area (Å²) in [7, 11) is 0. The van der Waals surface area contributed by atoms with Crippen molar-refractivity contribution in [2.24, 2.45) is 0 Å². The molecule has 0 fully saturated rings. The highest BCUT2D eigenvalue weighted by Gasteiger charge is 2.06. The number of rotatable bonds is 6. The van der Waals surface area contributed by atoms with Crippen LogP contribution in [0.1, 0.15) is 22.3 Å². The van der Waals surface area contributed by atoms with E-state index in [0.717, 1.165) is 27.9 Å². The molecule has 2 aromatic rings. The quantitative estimate of drug-likeness (QED) is 0.861. The number of nitrogens with zero attached hydrogens (tertiary/aromatic N) is 1. The van der Waals surface area contributed by atoms with Crippen molar-refractivity contribution in [1.82, 2.24) is 10.3 Å². The Labute approximate surface area is 127 Å². The average Bonchev–Trinajstić information content (AvgIpc) is 2.85. The lowest BCUT2D eigenvalue weighted by Gasteiger charge is -2.05. The largest absolute Gasteiger partial charge is 0.384 e. The molecule has 6 heteroatoms. The zero-order chi connectivity index (χ0) is 14.4. The van der Waals surface area contributed by atoms with Crippen molar-refractivity contribution in [3.05, 3.63) is 45.4 Å². The summed E-state index contributed by atoms with van der Waals surface area (Å²) in [5.74, 6) is -0.157. The monoisotopic (exact) mass is 309 g/mol. The number of pyridine rings is 1. The smallest absolute Gasteiger partial charge is 0.269 e. The molecule has 2 aromatic heterocycles. The maximum Gasteiger partial charge on any atom is 0.269 e. The highest BCUT2D eigenvalue weighted by molar-refractivity contribution is 7.16. The Balaban J connectivity index is 1.82. The summed E-state index contributed by atoms with van der Waals surface area (Å²) in [6, 6.07) is 7.41. The molecule has 0 unspecified atom stereocenters. The molecule has 20 heavy (non-hydrogen) atoms. The van der Waals surface area contributed by atoms with Crippen LogP contribution >= 0.6 is 22.9 Å². The van der Waals surface area contributed by atoms with Gasteiger partial charge in [0.15, 0.2) is 0 Å². The summed E-state index contributed by atoms with van der Waals surface area (Å²) in [6.45, 7) is 3.42. The van der Waals surface area contributed by atoms with Crippen LogP contribution in [0.15, 0.2) is 30.5 Å². The number of nitrogens with one attached hydrogen (secondary N) is 2. The van der Waals surface area contributed by atoms with Crippen LogP contribution in [0.25, 0.3) is 0 Å². The van der Waals surface area contributed by atoms with Crippen molar-refractivity contribution in [3.8, 4) is 0 Å². The molecule has 0 aliphatic carbocycles. The van der Waals surface area contributed by atoms with Crippen molar-refractivity contribution >= 4 is 34.5 Å². The SMILES string of the molecule is CCNc1ccc(C(=O)NCCc2ccc(Cl)s2)nc1. The Morgan fingerprint density at radius 2 is 2.20 bits per heavy atom. The number of carbonyl (C=O) groups is 1. The lowest BCUT2D eigenvalue weighted by molar-refractivity contribution is 0.0949. The second kappa shape index (κ2) is 7.26. The topological polar surface area (TPSA) is 54.0 Å². The molecule has 0 bridgehead atoms. The van der Waals surface area contributed by atoms with Crippen LogP contribution in [0.4, 0.5) is 5.69 Å². The molecule has 0 spiro atoms. The molecule has 0 saturated carbocycles. The molecular weight excluding hydrogens is 294 g/mol. The first-order valence-electron chi connectivity index (χ1n) is 6.41. The van der Waals surface area contributed by atoms with E-state index < -0.39 is 0 Å². The van der Waals surface area contributed by atoms with Gasteiger partial charge < -0.3 is 10.6 Å². The lowest BCUT2D eigenvalue weighted by atomic mass is 10.3. The molecule has 106 valence electrons.